The molecule has 0 aromatic heterocycles. The van der Waals surface area contributed by atoms with E-state index in [2.05, 4.69) is 13.8 Å². The Morgan fingerprint density at radius 2 is 1.94 bits per heavy atom. The van der Waals surface area contributed by atoms with Gasteiger partial charge in [0.15, 0.2) is 0 Å². The number of esters is 1. The van der Waals surface area contributed by atoms with Gasteiger partial charge in [-0.25, -0.2) is 0 Å². The monoisotopic (exact) mass is 252 g/mol. The second-order valence-corrected chi connectivity index (χ2v) is 7.04. The van der Waals surface area contributed by atoms with E-state index in [4.69, 9.17) is 4.74 Å². The number of ether oxygens (including phenoxy) is 1. The summed E-state index contributed by atoms with van der Waals surface area (Å²) in [6.45, 7) is 6.46. The van der Waals surface area contributed by atoms with Crippen molar-refractivity contribution in [2.24, 2.45) is 29.1 Å². The van der Waals surface area contributed by atoms with E-state index in [1.807, 2.05) is 6.92 Å². The predicted octanol–water partition coefficient (Wildman–Crippen LogP) is 2.37. The summed E-state index contributed by atoms with van der Waals surface area (Å²) in [5.74, 6) is 0.985. The van der Waals surface area contributed by atoms with Crippen LogP contribution in [-0.2, 0) is 9.53 Å². The fourth-order valence-electron chi connectivity index (χ4n) is 4.81. The lowest BCUT2D eigenvalue weighted by atomic mass is 9.53. The van der Waals surface area contributed by atoms with E-state index in [9.17, 15) is 9.90 Å². The predicted molar refractivity (Wildman–Crippen MR) is 67.8 cm³/mol. The smallest absolute Gasteiger partial charge is 0.309 e. The summed E-state index contributed by atoms with van der Waals surface area (Å²) in [5, 5.41) is 10.1. The zero-order chi connectivity index (χ0) is 13.1. The third kappa shape index (κ3) is 1.56. The molecule has 0 amide bonds. The summed E-state index contributed by atoms with van der Waals surface area (Å²) in [4.78, 5) is 11.8. The van der Waals surface area contributed by atoms with E-state index in [1.165, 1.54) is 6.42 Å². The minimum Gasteiger partial charge on any atom is -0.462 e. The zero-order valence-electron chi connectivity index (χ0n) is 11.6. The number of carbonyl (C=O) groups excluding carboxylic acids is 1. The van der Waals surface area contributed by atoms with Crippen LogP contribution in [0.15, 0.2) is 0 Å². The maximum atomic E-state index is 11.8. The molecular formula is C15H24O3. The first-order valence-corrected chi connectivity index (χ1v) is 7.32. The SMILES string of the molecule is CC1C(=O)OC2C1CCC1(C)CCC(O)C(C)C21. The number of rotatable bonds is 0. The van der Waals surface area contributed by atoms with Gasteiger partial charge in [-0.3, -0.25) is 4.79 Å². The van der Waals surface area contributed by atoms with E-state index in [1.54, 1.807) is 0 Å². The van der Waals surface area contributed by atoms with Crippen molar-refractivity contribution in [3.63, 3.8) is 0 Å². The van der Waals surface area contributed by atoms with Gasteiger partial charge in [-0.1, -0.05) is 20.8 Å². The topological polar surface area (TPSA) is 46.5 Å². The molecular weight excluding hydrogens is 228 g/mol. The lowest BCUT2D eigenvalue weighted by molar-refractivity contribution is -0.159. The second kappa shape index (κ2) is 3.96. The van der Waals surface area contributed by atoms with Crippen molar-refractivity contribution >= 4 is 5.97 Å². The molecule has 1 aliphatic heterocycles. The van der Waals surface area contributed by atoms with Crippen molar-refractivity contribution in [3.8, 4) is 0 Å². The zero-order valence-corrected chi connectivity index (χ0v) is 11.6. The fraction of sp³-hybridized carbons (Fsp3) is 0.933. The third-order valence-electron chi connectivity index (χ3n) is 6.08. The minimum absolute atomic E-state index is 0.0264. The van der Waals surface area contributed by atoms with Crippen molar-refractivity contribution in [1.29, 1.82) is 0 Å². The molecule has 1 heterocycles. The quantitative estimate of drug-likeness (QED) is 0.673. The summed E-state index contributed by atoms with van der Waals surface area (Å²) >= 11 is 0. The van der Waals surface area contributed by atoms with E-state index < -0.39 is 0 Å². The van der Waals surface area contributed by atoms with Gasteiger partial charge in [0.25, 0.3) is 0 Å². The maximum absolute atomic E-state index is 11.8. The molecule has 3 aliphatic rings. The summed E-state index contributed by atoms with van der Waals surface area (Å²) in [5.41, 5.74) is 0.254. The minimum atomic E-state index is -0.226. The molecule has 1 saturated heterocycles. The fourth-order valence-corrected chi connectivity index (χ4v) is 4.81. The first-order valence-electron chi connectivity index (χ1n) is 7.32. The van der Waals surface area contributed by atoms with E-state index >= 15 is 0 Å². The van der Waals surface area contributed by atoms with Crippen LogP contribution in [0.3, 0.4) is 0 Å². The van der Waals surface area contributed by atoms with Crippen molar-refractivity contribution in [1.82, 2.24) is 0 Å². The molecule has 7 atom stereocenters. The van der Waals surface area contributed by atoms with E-state index in [0.717, 1.165) is 19.3 Å². The first kappa shape index (κ1) is 12.5. The number of hydrogen-bond acceptors (Lipinski definition) is 3. The molecule has 2 aliphatic carbocycles. The third-order valence-corrected chi connectivity index (χ3v) is 6.08. The number of aliphatic hydroxyl groups excluding tert-OH is 1. The number of hydrogen-bond donors (Lipinski definition) is 1. The van der Waals surface area contributed by atoms with E-state index in [0.29, 0.717) is 11.8 Å². The molecule has 0 radical (unpaired) electrons. The maximum Gasteiger partial charge on any atom is 0.309 e. The number of carbonyl (C=O) groups is 1. The highest BCUT2D eigenvalue weighted by Gasteiger charge is 2.58. The lowest BCUT2D eigenvalue weighted by Crippen LogP contribution is -2.53. The Balaban J connectivity index is 1.93. The van der Waals surface area contributed by atoms with Crippen LogP contribution in [0.2, 0.25) is 0 Å². The van der Waals surface area contributed by atoms with Crippen LogP contribution in [0.4, 0.5) is 0 Å². The van der Waals surface area contributed by atoms with Gasteiger partial charge in [-0.05, 0) is 37.0 Å². The van der Waals surface area contributed by atoms with Gasteiger partial charge in [0.05, 0.1) is 12.0 Å². The summed E-state index contributed by atoms with van der Waals surface area (Å²) in [6.07, 6.45) is 4.07. The normalized spacial score (nSPS) is 55.7. The summed E-state index contributed by atoms with van der Waals surface area (Å²) in [7, 11) is 0. The van der Waals surface area contributed by atoms with Crippen molar-refractivity contribution in [2.45, 2.75) is 58.7 Å². The van der Waals surface area contributed by atoms with Gasteiger partial charge in [0.2, 0.25) is 0 Å². The second-order valence-electron chi connectivity index (χ2n) is 7.04. The molecule has 3 nitrogen and oxygen atoms in total. The molecule has 0 aromatic carbocycles. The highest BCUT2D eigenvalue weighted by Crippen LogP contribution is 2.57. The van der Waals surface area contributed by atoms with Gasteiger partial charge in [-0.2, -0.15) is 0 Å². The Kier molecular flexibility index (Phi) is 2.74. The van der Waals surface area contributed by atoms with Gasteiger partial charge in [0.1, 0.15) is 6.10 Å². The van der Waals surface area contributed by atoms with Crippen molar-refractivity contribution in [3.05, 3.63) is 0 Å². The molecule has 2 saturated carbocycles. The van der Waals surface area contributed by atoms with Gasteiger partial charge in [-0.15, -0.1) is 0 Å². The molecule has 3 heteroatoms. The average molecular weight is 252 g/mol. The van der Waals surface area contributed by atoms with Crippen molar-refractivity contribution < 1.29 is 14.6 Å². The summed E-state index contributed by atoms with van der Waals surface area (Å²) < 4.78 is 5.68. The highest BCUT2D eigenvalue weighted by molar-refractivity contribution is 5.75. The largest absolute Gasteiger partial charge is 0.462 e. The molecule has 0 bridgehead atoms. The van der Waals surface area contributed by atoms with Crippen LogP contribution in [0.25, 0.3) is 0 Å². The Labute approximate surface area is 109 Å². The van der Waals surface area contributed by atoms with Crippen molar-refractivity contribution in [2.75, 3.05) is 0 Å². The molecule has 0 spiro atoms. The van der Waals surface area contributed by atoms with Gasteiger partial charge in [0, 0.05) is 11.8 Å². The van der Waals surface area contributed by atoms with E-state index in [-0.39, 0.29) is 35.4 Å². The van der Waals surface area contributed by atoms with Crippen LogP contribution in [0, 0.1) is 29.1 Å². The first-order chi connectivity index (χ1) is 8.44. The molecule has 3 rings (SSSR count). The highest BCUT2D eigenvalue weighted by atomic mass is 16.6. The van der Waals surface area contributed by atoms with Crippen LogP contribution in [0.1, 0.15) is 46.5 Å². The number of fused-ring (bicyclic) bond motifs is 3. The number of aliphatic hydroxyl groups is 1. The molecule has 0 aromatic rings. The van der Waals surface area contributed by atoms with Gasteiger partial charge < -0.3 is 9.84 Å². The van der Waals surface area contributed by atoms with Gasteiger partial charge >= 0.3 is 5.97 Å². The molecule has 3 fully saturated rings. The Morgan fingerprint density at radius 1 is 1.28 bits per heavy atom. The summed E-state index contributed by atoms with van der Waals surface area (Å²) in [6, 6.07) is 0. The van der Waals surface area contributed by atoms with Crippen LogP contribution in [0.5, 0.6) is 0 Å². The molecule has 18 heavy (non-hydrogen) atoms. The molecule has 7 unspecified atom stereocenters. The molecule has 102 valence electrons. The molecule has 1 N–H and O–H groups in total. The van der Waals surface area contributed by atoms with Crippen LogP contribution >= 0.6 is 0 Å². The lowest BCUT2D eigenvalue weighted by Gasteiger charge is -2.53. The Bertz CT molecular complexity index is 367. The average Bonchev–Trinajstić information content (AvgIpc) is 2.60. The Morgan fingerprint density at radius 3 is 2.67 bits per heavy atom. The Hall–Kier alpha value is -0.570. The van der Waals surface area contributed by atoms with Crippen LogP contribution in [-0.4, -0.2) is 23.3 Å². The standard InChI is InChI=1S/C15H24O3/c1-8-10-4-6-15(3)7-5-11(16)9(2)12(15)13(10)18-14(8)17/h8-13,16H,4-7H2,1-3H3. The van der Waals surface area contributed by atoms with Crippen LogP contribution < -0.4 is 0 Å².